The summed E-state index contributed by atoms with van der Waals surface area (Å²) in [5, 5.41) is 9.24. The largest absolute Gasteiger partial charge is 0.367 e. The molecule has 0 saturated carbocycles. The predicted octanol–water partition coefficient (Wildman–Crippen LogP) is 2.62. The van der Waals surface area contributed by atoms with Gasteiger partial charge in [0.15, 0.2) is 0 Å². The second kappa shape index (κ2) is 4.50. The molecule has 78 valence electrons. The number of hydrogen-bond donors (Lipinski definition) is 0. The van der Waals surface area contributed by atoms with Gasteiger partial charge in [0.2, 0.25) is 0 Å². The Balaban J connectivity index is 2.19. The third kappa shape index (κ3) is 2.21. The molecule has 2 heterocycles. The van der Waals surface area contributed by atoms with Crippen LogP contribution in [-0.4, -0.2) is 17.6 Å². The molecule has 1 aliphatic rings. The molecule has 1 aromatic heterocycles. The molecule has 0 aliphatic carbocycles. The summed E-state index contributed by atoms with van der Waals surface area (Å²) in [4.78, 5) is 6.20. The number of nitriles is 1. The summed E-state index contributed by atoms with van der Waals surface area (Å²) in [7, 11) is 0. The Morgan fingerprint density at radius 1 is 1.67 bits per heavy atom. The highest BCUT2D eigenvalue weighted by molar-refractivity contribution is 6.29. The van der Waals surface area contributed by atoms with Crippen LogP contribution in [0.3, 0.4) is 0 Å². The van der Waals surface area contributed by atoms with Crippen LogP contribution in [0, 0.1) is 11.3 Å². The Hall–Kier alpha value is -1.27. The van der Waals surface area contributed by atoms with Crippen molar-refractivity contribution in [3.8, 4) is 6.07 Å². The number of hydrogen-bond acceptors (Lipinski definition) is 3. The van der Waals surface area contributed by atoms with E-state index in [1.165, 1.54) is 0 Å². The fourth-order valence-electron chi connectivity index (χ4n) is 2.06. The van der Waals surface area contributed by atoms with Crippen LogP contribution in [0.25, 0.3) is 0 Å². The number of rotatable bonds is 2. The fraction of sp³-hybridized carbons (Fsp3) is 0.455. The minimum absolute atomic E-state index is 0.341. The van der Waals surface area contributed by atoms with Crippen LogP contribution in [0.5, 0.6) is 0 Å². The molecule has 0 radical (unpaired) electrons. The normalized spacial score (nSPS) is 20.3. The zero-order valence-electron chi connectivity index (χ0n) is 8.36. The van der Waals surface area contributed by atoms with Crippen molar-refractivity contribution in [1.82, 2.24) is 4.98 Å². The van der Waals surface area contributed by atoms with Crippen LogP contribution in [0.2, 0.25) is 5.15 Å². The van der Waals surface area contributed by atoms with E-state index in [0.717, 1.165) is 25.1 Å². The lowest BCUT2D eigenvalue weighted by Gasteiger charge is -2.24. The lowest BCUT2D eigenvalue weighted by Crippen LogP contribution is -2.28. The van der Waals surface area contributed by atoms with Gasteiger partial charge in [0.25, 0.3) is 0 Å². The molecule has 0 amide bonds. The molecular weight excluding hydrogens is 210 g/mol. The van der Waals surface area contributed by atoms with E-state index in [4.69, 9.17) is 16.9 Å². The molecule has 1 atom stereocenters. The van der Waals surface area contributed by atoms with Gasteiger partial charge in [-0.15, -0.1) is 0 Å². The molecule has 1 aliphatic heterocycles. The smallest absolute Gasteiger partial charge is 0.131 e. The van der Waals surface area contributed by atoms with Crippen molar-refractivity contribution in [2.45, 2.75) is 25.3 Å². The van der Waals surface area contributed by atoms with Crippen LogP contribution in [0.1, 0.15) is 19.3 Å². The van der Waals surface area contributed by atoms with Crippen LogP contribution in [-0.2, 0) is 0 Å². The Bertz CT molecular complexity index is 386. The minimum atomic E-state index is 0.341. The average Bonchev–Trinajstić information content (AvgIpc) is 2.66. The quantitative estimate of drug-likeness (QED) is 0.721. The lowest BCUT2D eigenvalue weighted by molar-refractivity contribution is 0.683. The third-order valence-corrected chi connectivity index (χ3v) is 2.95. The lowest BCUT2D eigenvalue weighted by atomic mass is 10.1. The molecule has 4 heteroatoms. The average molecular weight is 222 g/mol. The summed E-state index contributed by atoms with van der Waals surface area (Å²) in [6.45, 7) is 1.01. The maximum atomic E-state index is 8.73. The number of anilines is 1. The van der Waals surface area contributed by atoms with Gasteiger partial charge >= 0.3 is 0 Å². The van der Waals surface area contributed by atoms with E-state index < -0.39 is 0 Å². The molecule has 0 spiro atoms. The number of nitrogens with zero attached hydrogens (tertiary/aromatic N) is 3. The molecule has 1 saturated heterocycles. The highest BCUT2D eigenvalue weighted by Crippen LogP contribution is 2.27. The SMILES string of the molecule is N#CCC1CCCN1c1ccnc(Cl)c1. The summed E-state index contributed by atoms with van der Waals surface area (Å²) in [5.74, 6) is 0. The van der Waals surface area contributed by atoms with Crippen molar-refractivity contribution in [2.75, 3.05) is 11.4 Å². The summed E-state index contributed by atoms with van der Waals surface area (Å²) in [5.41, 5.74) is 1.08. The zero-order chi connectivity index (χ0) is 10.7. The highest BCUT2D eigenvalue weighted by atomic mass is 35.5. The third-order valence-electron chi connectivity index (χ3n) is 2.75. The zero-order valence-corrected chi connectivity index (χ0v) is 9.11. The molecular formula is C11H12ClN3. The van der Waals surface area contributed by atoms with Gasteiger partial charge in [0, 0.05) is 24.5 Å². The first-order valence-electron chi connectivity index (χ1n) is 5.06. The van der Waals surface area contributed by atoms with Crippen molar-refractivity contribution >= 4 is 17.3 Å². The first-order chi connectivity index (χ1) is 7.31. The van der Waals surface area contributed by atoms with E-state index in [2.05, 4.69) is 16.0 Å². The van der Waals surface area contributed by atoms with Crippen molar-refractivity contribution in [1.29, 1.82) is 5.26 Å². The summed E-state index contributed by atoms with van der Waals surface area (Å²) >= 11 is 5.85. The summed E-state index contributed by atoms with van der Waals surface area (Å²) in [6, 6.07) is 6.38. The molecule has 0 bridgehead atoms. The molecule has 3 nitrogen and oxygen atoms in total. The second-order valence-corrected chi connectivity index (χ2v) is 4.08. The van der Waals surface area contributed by atoms with Gasteiger partial charge in [-0.2, -0.15) is 5.26 Å². The topological polar surface area (TPSA) is 39.9 Å². The van der Waals surface area contributed by atoms with Gasteiger partial charge in [-0.1, -0.05) is 11.6 Å². The fourth-order valence-corrected chi connectivity index (χ4v) is 2.23. The molecule has 1 unspecified atom stereocenters. The van der Waals surface area contributed by atoms with E-state index in [0.29, 0.717) is 17.6 Å². The highest BCUT2D eigenvalue weighted by Gasteiger charge is 2.24. The molecule has 0 N–H and O–H groups in total. The van der Waals surface area contributed by atoms with E-state index in [9.17, 15) is 0 Å². The van der Waals surface area contributed by atoms with E-state index in [-0.39, 0.29) is 0 Å². The van der Waals surface area contributed by atoms with Crippen molar-refractivity contribution in [3.05, 3.63) is 23.5 Å². The van der Waals surface area contributed by atoms with Gasteiger partial charge in [-0.3, -0.25) is 0 Å². The predicted molar refractivity (Wildman–Crippen MR) is 59.8 cm³/mol. The molecule has 15 heavy (non-hydrogen) atoms. The first kappa shape index (κ1) is 10.3. The number of halogens is 1. The Labute approximate surface area is 94.3 Å². The number of pyridine rings is 1. The van der Waals surface area contributed by atoms with Gasteiger partial charge in [-0.25, -0.2) is 4.98 Å². The maximum absolute atomic E-state index is 8.73. The van der Waals surface area contributed by atoms with Gasteiger partial charge in [0.1, 0.15) is 5.15 Å². The molecule has 1 aromatic rings. The summed E-state index contributed by atoms with van der Waals surface area (Å²) in [6.07, 6.45) is 4.53. The van der Waals surface area contributed by atoms with Crippen molar-refractivity contribution in [3.63, 3.8) is 0 Å². The van der Waals surface area contributed by atoms with Gasteiger partial charge in [0.05, 0.1) is 12.5 Å². The Morgan fingerprint density at radius 3 is 3.27 bits per heavy atom. The van der Waals surface area contributed by atoms with Crippen LogP contribution < -0.4 is 4.90 Å². The number of aromatic nitrogens is 1. The van der Waals surface area contributed by atoms with Crippen LogP contribution in [0.15, 0.2) is 18.3 Å². The van der Waals surface area contributed by atoms with Crippen molar-refractivity contribution in [2.24, 2.45) is 0 Å². The van der Waals surface area contributed by atoms with Crippen molar-refractivity contribution < 1.29 is 0 Å². The summed E-state index contributed by atoms with van der Waals surface area (Å²) < 4.78 is 0. The molecule has 2 rings (SSSR count). The van der Waals surface area contributed by atoms with E-state index in [1.807, 2.05) is 12.1 Å². The molecule has 0 aromatic carbocycles. The van der Waals surface area contributed by atoms with Gasteiger partial charge < -0.3 is 4.90 Å². The van der Waals surface area contributed by atoms with Crippen LogP contribution >= 0.6 is 11.6 Å². The van der Waals surface area contributed by atoms with Gasteiger partial charge in [-0.05, 0) is 25.0 Å². The standard InChI is InChI=1S/C11H12ClN3/c12-11-8-10(4-6-14-11)15-7-1-2-9(15)3-5-13/h4,6,8-9H,1-3,7H2. The Morgan fingerprint density at radius 2 is 2.53 bits per heavy atom. The van der Waals surface area contributed by atoms with E-state index >= 15 is 0 Å². The minimum Gasteiger partial charge on any atom is -0.367 e. The Kier molecular flexibility index (Phi) is 3.08. The maximum Gasteiger partial charge on any atom is 0.131 e. The molecule has 1 fully saturated rings. The monoisotopic (exact) mass is 221 g/mol. The van der Waals surface area contributed by atoms with Crippen LogP contribution in [0.4, 0.5) is 5.69 Å². The van der Waals surface area contributed by atoms with E-state index in [1.54, 1.807) is 6.20 Å². The second-order valence-electron chi connectivity index (χ2n) is 3.69. The first-order valence-corrected chi connectivity index (χ1v) is 5.44.